The van der Waals surface area contributed by atoms with Gasteiger partial charge in [0, 0.05) is 73.8 Å². The number of piperidine rings is 2. The number of fused-ring (bicyclic) bond motifs is 3. The summed E-state index contributed by atoms with van der Waals surface area (Å²) < 4.78 is 29.9. The molecule has 12 heteroatoms. The van der Waals surface area contributed by atoms with E-state index in [0.29, 0.717) is 44.1 Å². The van der Waals surface area contributed by atoms with Crippen LogP contribution in [0.25, 0.3) is 10.9 Å². The molecule has 4 aromatic rings. The molecule has 5 atom stereocenters. The number of rotatable bonds is 12. The molecular formula is C45H57FN6O5. The molecule has 4 heterocycles. The lowest BCUT2D eigenvalue weighted by atomic mass is 9.72. The molecule has 8 rings (SSSR count). The molecular weight excluding hydrogens is 724 g/mol. The van der Waals surface area contributed by atoms with Crippen LogP contribution in [0.1, 0.15) is 54.7 Å². The Morgan fingerprint density at radius 3 is 2.68 bits per heavy atom. The van der Waals surface area contributed by atoms with Gasteiger partial charge in [0.15, 0.2) is 11.5 Å². The lowest BCUT2D eigenvalue weighted by molar-refractivity contribution is -0.135. The second-order valence-corrected chi connectivity index (χ2v) is 15.9. The first-order valence-electron chi connectivity index (χ1n) is 20.4. The summed E-state index contributed by atoms with van der Waals surface area (Å²) in [7, 11) is 4.01. The Morgan fingerprint density at radius 1 is 1.07 bits per heavy atom. The van der Waals surface area contributed by atoms with Crippen LogP contribution in [0, 0.1) is 17.7 Å². The number of aromatic amines is 1. The maximum Gasteiger partial charge on any atom is 0.324 e. The number of nitrogens with zero attached hydrogens (tertiary/aromatic N) is 3. The number of H-pyrrole nitrogens is 1. The van der Waals surface area contributed by atoms with E-state index in [4.69, 9.17) is 14.2 Å². The zero-order valence-corrected chi connectivity index (χ0v) is 33.5. The summed E-state index contributed by atoms with van der Waals surface area (Å²) in [6.07, 6.45) is 7.59. The molecule has 57 heavy (non-hydrogen) atoms. The molecule has 3 aliphatic heterocycles. The van der Waals surface area contributed by atoms with E-state index in [1.165, 1.54) is 39.1 Å². The van der Waals surface area contributed by atoms with Gasteiger partial charge in [-0.05, 0) is 113 Å². The number of carbonyl (C=O) groups excluding carboxylic acids is 2. The van der Waals surface area contributed by atoms with Gasteiger partial charge in [0.1, 0.15) is 11.6 Å². The van der Waals surface area contributed by atoms with Gasteiger partial charge in [-0.25, -0.2) is 9.18 Å². The third kappa shape index (κ3) is 9.29. The Balaban J connectivity index is 0.000000183. The van der Waals surface area contributed by atoms with Gasteiger partial charge < -0.3 is 34.7 Å². The molecule has 2 saturated heterocycles. The van der Waals surface area contributed by atoms with Crippen molar-refractivity contribution in [1.29, 1.82) is 0 Å². The monoisotopic (exact) mass is 780 g/mol. The lowest BCUT2D eigenvalue weighted by Gasteiger charge is -2.47. The molecule has 4 aliphatic rings. The van der Waals surface area contributed by atoms with Crippen LogP contribution in [0.5, 0.6) is 17.2 Å². The average Bonchev–Trinajstić information content (AvgIpc) is 3.87. The van der Waals surface area contributed by atoms with Crippen LogP contribution >= 0.6 is 0 Å². The molecule has 0 saturated carbocycles. The SMILES string of the molecule is C=CCN1C[C@H](C(=O)N(CCCN(C)C)C(=O)NCC)C[C@@H]2c3cccc4[nH]cc(c34)C[C@H]21.Fc1ccc([C@@H]2CCNC[C@H]2COc2ccc3c(c2)OCO3)cc1. The van der Waals surface area contributed by atoms with Crippen molar-refractivity contribution >= 4 is 22.8 Å². The van der Waals surface area contributed by atoms with Crippen molar-refractivity contribution in [3.05, 3.63) is 102 Å². The van der Waals surface area contributed by atoms with Crippen LogP contribution in [0.2, 0.25) is 0 Å². The Bertz CT molecular complexity index is 2000. The van der Waals surface area contributed by atoms with E-state index in [0.717, 1.165) is 74.6 Å². The summed E-state index contributed by atoms with van der Waals surface area (Å²) in [6.45, 7) is 11.8. The Labute approximate surface area is 335 Å². The summed E-state index contributed by atoms with van der Waals surface area (Å²) in [4.78, 5) is 35.9. The number of hydrogen-bond donors (Lipinski definition) is 3. The van der Waals surface area contributed by atoms with Gasteiger partial charge in [-0.15, -0.1) is 6.58 Å². The summed E-state index contributed by atoms with van der Waals surface area (Å²) in [5.41, 5.74) is 5.02. The molecule has 0 bridgehead atoms. The van der Waals surface area contributed by atoms with Crippen molar-refractivity contribution in [1.82, 2.24) is 30.3 Å². The molecule has 1 aliphatic carbocycles. The number of amides is 3. The van der Waals surface area contributed by atoms with E-state index >= 15 is 0 Å². The number of nitrogens with one attached hydrogen (secondary N) is 3. The van der Waals surface area contributed by atoms with E-state index in [-0.39, 0.29) is 36.4 Å². The highest BCUT2D eigenvalue weighted by atomic mass is 19.1. The van der Waals surface area contributed by atoms with Crippen molar-refractivity contribution in [3.8, 4) is 17.2 Å². The van der Waals surface area contributed by atoms with Crippen LogP contribution in [-0.4, -0.2) is 111 Å². The first-order chi connectivity index (χ1) is 27.7. The van der Waals surface area contributed by atoms with Crippen LogP contribution in [0.15, 0.2) is 79.5 Å². The van der Waals surface area contributed by atoms with E-state index in [1.54, 1.807) is 0 Å². The van der Waals surface area contributed by atoms with Gasteiger partial charge in [0.05, 0.1) is 12.5 Å². The number of benzene rings is 3. The number of carbonyl (C=O) groups is 2. The van der Waals surface area contributed by atoms with Gasteiger partial charge >= 0.3 is 6.03 Å². The standard InChI is InChI=1S/C26H37N5O2.C19H20FNO3/c1-5-11-30-17-19(25(32)31(26(33)27-6-2)13-8-12-29(3)4)14-21-20-9-7-10-22-24(20)18(16-28-22)15-23(21)30;20-15-3-1-13(2-4-15)17-7-8-21-10-14(17)11-22-16-5-6-18-19(9-16)24-12-23-18/h5,7,9-10,16,19,21,23,28H,1,6,8,11-15,17H2,2-4H3,(H,27,33);1-6,9,14,17,21H,7-8,10-12H2/t19-,21-,23-;14-,17-/m10/s1. The van der Waals surface area contributed by atoms with E-state index in [9.17, 15) is 14.0 Å². The highest BCUT2D eigenvalue weighted by Gasteiger charge is 2.44. The van der Waals surface area contributed by atoms with Crippen molar-refractivity contribution in [2.75, 3.05) is 73.3 Å². The first-order valence-corrected chi connectivity index (χ1v) is 20.4. The van der Waals surface area contributed by atoms with Crippen molar-refractivity contribution in [2.45, 2.75) is 50.5 Å². The maximum atomic E-state index is 13.7. The smallest absolute Gasteiger partial charge is 0.324 e. The highest BCUT2D eigenvalue weighted by molar-refractivity contribution is 5.96. The molecule has 0 spiro atoms. The Kier molecular flexibility index (Phi) is 13.1. The molecule has 2 fully saturated rings. The zero-order valence-electron chi connectivity index (χ0n) is 33.5. The number of hydrogen-bond acceptors (Lipinski definition) is 8. The number of halogens is 1. The molecule has 3 amide bonds. The lowest BCUT2D eigenvalue weighted by Crippen LogP contribution is -2.55. The second-order valence-electron chi connectivity index (χ2n) is 15.9. The van der Waals surface area contributed by atoms with Crippen LogP contribution in [0.3, 0.4) is 0 Å². The Morgan fingerprint density at radius 2 is 1.89 bits per heavy atom. The van der Waals surface area contributed by atoms with E-state index in [1.807, 2.05) is 57.4 Å². The summed E-state index contributed by atoms with van der Waals surface area (Å²) >= 11 is 0. The zero-order chi connectivity index (χ0) is 39.9. The van der Waals surface area contributed by atoms with E-state index in [2.05, 4.69) is 56.4 Å². The van der Waals surface area contributed by atoms with Crippen LogP contribution in [-0.2, 0) is 11.2 Å². The summed E-state index contributed by atoms with van der Waals surface area (Å²) in [6, 6.07) is 19.0. The van der Waals surface area contributed by atoms with Gasteiger partial charge in [-0.1, -0.05) is 30.3 Å². The summed E-state index contributed by atoms with van der Waals surface area (Å²) in [5.74, 6) is 2.77. The quantitative estimate of drug-likeness (QED) is 0.140. The third-order valence-corrected chi connectivity index (χ3v) is 11.8. The number of imide groups is 1. The topological polar surface area (TPSA) is 111 Å². The predicted octanol–water partition coefficient (Wildman–Crippen LogP) is 6.52. The maximum absolute atomic E-state index is 13.7. The third-order valence-electron chi connectivity index (χ3n) is 11.8. The normalized spacial score (nSPS) is 22.3. The van der Waals surface area contributed by atoms with Gasteiger partial charge in [0.2, 0.25) is 12.7 Å². The summed E-state index contributed by atoms with van der Waals surface area (Å²) in [5, 5.41) is 7.58. The predicted molar refractivity (Wildman–Crippen MR) is 221 cm³/mol. The van der Waals surface area contributed by atoms with Crippen molar-refractivity contribution in [3.63, 3.8) is 0 Å². The minimum atomic E-state index is -0.280. The second kappa shape index (κ2) is 18.6. The van der Waals surface area contributed by atoms with Crippen LogP contribution < -0.4 is 24.8 Å². The Hall–Kier alpha value is -4.91. The highest BCUT2D eigenvalue weighted by Crippen LogP contribution is 2.45. The van der Waals surface area contributed by atoms with Crippen LogP contribution in [0.4, 0.5) is 9.18 Å². The van der Waals surface area contributed by atoms with Crippen molar-refractivity contribution in [2.24, 2.45) is 11.8 Å². The molecule has 3 aromatic carbocycles. The number of aromatic nitrogens is 1. The van der Waals surface area contributed by atoms with Gasteiger partial charge in [0.25, 0.3) is 0 Å². The molecule has 304 valence electrons. The van der Waals surface area contributed by atoms with Gasteiger partial charge in [-0.3, -0.25) is 14.6 Å². The van der Waals surface area contributed by atoms with Gasteiger partial charge in [-0.2, -0.15) is 0 Å². The molecule has 0 radical (unpaired) electrons. The average molecular weight is 781 g/mol. The number of urea groups is 1. The first kappa shape index (κ1) is 40.3. The fraction of sp³-hybridized carbons (Fsp3) is 0.467. The van der Waals surface area contributed by atoms with Crippen molar-refractivity contribution < 1.29 is 28.2 Å². The molecule has 1 aromatic heterocycles. The largest absolute Gasteiger partial charge is 0.493 e. The van der Waals surface area contributed by atoms with E-state index < -0.39 is 0 Å². The fourth-order valence-electron chi connectivity index (χ4n) is 9.09. The molecule has 0 unspecified atom stereocenters. The molecule has 3 N–H and O–H groups in total. The molecule has 11 nitrogen and oxygen atoms in total. The minimum Gasteiger partial charge on any atom is -0.493 e. The fourth-order valence-corrected chi connectivity index (χ4v) is 9.09. The number of ether oxygens (including phenoxy) is 3. The number of likely N-dealkylation sites (tertiary alicyclic amines) is 1. The minimum absolute atomic E-state index is 0.0562.